The molecule has 0 unspecified atom stereocenters. The summed E-state index contributed by atoms with van der Waals surface area (Å²) in [5, 5.41) is 10.7. The van der Waals surface area contributed by atoms with Crippen LogP contribution in [0.25, 0.3) is 0 Å². The summed E-state index contributed by atoms with van der Waals surface area (Å²) in [7, 11) is -3.86. The van der Waals surface area contributed by atoms with E-state index in [1.54, 1.807) is 18.2 Å². The highest BCUT2D eigenvalue weighted by molar-refractivity contribution is 7.89. The Morgan fingerprint density at radius 3 is 2.38 bits per heavy atom. The van der Waals surface area contributed by atoms with Gasteiger partial charge in [-0.05, 0) is 42.5 Å². The maximum absolute atomic E-state index is 12.2. The molecular weight excluding hydrogens is 414 g/mol. The van der Waals surface area contributed by atoms with Crippen molar-refractivity contribution in [1.82, 2.24) is 0 Å². The van der Waals surface area contributed by atoms with E-state index >= 15 is 0 Å². The second-order valence-corrected chi connectivity index (χ2v) is 8.00. The minimum Gasteiger partial charge on any atom is -0.457 e. The highest BCUT2D eigenvalue weighted by atomic mass is 35.5. The third-order valence-electron chi connectivity index (χ3n) is 3.81. The quantitative estimate of drug-likeness (QED) is 0.526. The van der Waals surface area contributed by atoms with E-state index in [0.717, 1.165) is 0 Å². The number of ether oxygens (including phenoxy) is 1. The van der Waals surface area contributed by atoms with Crippen molar-refractivity contribution in [2.75, 3.05) is 17.2 Å². The molecule has 7 nitrogen and oxygen atoms in total. The molecule has 1 amide bonds. The van der Waals surface area contributed by atoms with Gasteiger partial charge >= 0.3 is 0 Å². The Hall–Kier alpha value is -3.07. The first kappa shape index (κ1) is 20.7. The maximum atomic E-state index is 12.2. The van der Waals surface area contributed by atoms with E-state index < -0.39 is 10.0 Å². The van der Waals surface area contributed by atoms with Gasteiger partial charge in [0, 0.05) is 11.8 Å². The van der Waals surface area contributed by atoms with Crippen molar-refractivity contribution in [3.8, 4) is 11.5 Å². The Labute approximate surface area is 173 Å². The van der Waals surface area contributed by atoms with Crippen LogP contribution in [-0.2, 0) is 14.8 Å². The van der Waals surface area contributed by atoms with E-state index in [1.807, 2.05) is 36.4 Å². The molecule has 9 heteroatoms. The second-order valence-electron chi connectivity index (χ2n) is 6.03. The molecule has 0 aliphatic heterocycles. The van der Waals surface area contributed by atoms with E-state index in [1.165, 1.54) is 18.2 Å². The normalized spacial score (nSPS) is 11.0. The van der Waals surface area contributed by atoms with E-state index in [0.29, 0.717) is 17.2 Å². The maximum Gasteiger partial charge on any atom is 0.243 e. The Morgan fingerprint density at radius 1 is 0.966 bits per heavy atom. The average Bonchev–Trinajstić information content (AvgIpc) is 2.68. The molecule has 3 aromatic rings. The number of amides is 1. The van der Waals surface area contributed by atoms with Gasteiger partial charge in [0.05, 0.1) is 22.2 Å². The van der Waals surface area contributed by atoms with Crippen LogP contribution in [0.15, 0.2) is 77.7 Å². The number of para-hydroxylation sites is 1. The van der Waals surface area contributed by atoms with Crippen LogP contribution in [0.5, 0.6) is 11.5 Å². The van der Waals surface area contributed by atoms with Crippen molar-refractivity contribution in [1.29, 1.82) is 0 Å². The fourth-order valence-corrected chi connectivity index (χ4v) is 3.28. The Morgan fingerprint density at radius 2 is 1.69 bits per heavy atom. The number of hydrogen-bond donors (Lipinski definition) is 3. The molecule has 4 N–H and O–H groups in total. The van der Waals surface area contributed by atoms with Crippen LogP contribution in [-0.4, -0.2) is 20.9 Å². The molecule has 0 heterocycles. The van der Waals surface area contributed by atoms with Gasteiger partial charge in [0.25, 0.3) is 0 Å². The number of rotatable bonds is 7. The lowest BCUT2D eigenvalue weighted by molar-refractivity contribution is -0.114. The van der Waals surface area contributed by atoms with Gasteiger partial charge in [-0.3, -0.25) is 4.79 Å². The van der Waals surface area contributed by atoms with Gasteiger partial charge in [-0.15, -0.1) is 0 Å². The van der Waals surface area contributed by atoms with E-state index in [-0.39, 0.29) is 28.1 Å². The zero-order valence-electron chi connectivity index (χ0n) is 15.1. The predicted molar refractivity (Wildman–Crippen MR) is 113 cm³/mol. The summed E-state index contributed by atoms with van der Waals surface area (Å²) in [6.07, 6.45) is 0. The summed E-state index contributed by atoms with van der Waals surface area (Å²) >= 11 is 6.02. The lowest BCUT2D eigenvalue weighted by Gasteiger charge is -2.11. The number of primary sulfonamides is 1. The van der Waals surface area contributed by atoms with Crippen LogP contribution in [0.3, 0.4) is 0 Å². The third-order valence-corrected chi connectivity index (χ3v) is 5.03. The molecule has 0 spiro atoms. The topological polar surface area (TPSA) is 111 Å². The Bertz CT molecular complexity index is 1120. The molecule has 0 aliphatic rings. The molecule has 0 fully saturated rings. The van der Waals surface area contributed by atoms with Crippen LogP contribution in [0.4, 0.5) is 11.4 Å². The molecule has 3 rings (SSSR count). The van der Waals surface area contributed by atoms with Gasteiger partial charge in [-0.1, -0.05) is 35.9 Å². The summed E-state index contributed by atoms with van der Waals surface area (Å²) in [6, 6.07) is 20.4. The van der Waals surface area contributed by atoms with Gasteiger partial charge < -0.3 is 15.4 Å². The molecule has 0 atom stereocenters. The van der Waals surface area contributed by atoms with Crippen molar-refractivity contribution in [2.24, 2.45) is 5.14 Å². The standard InChI is InChI=1S/C20H18ClN3O4S/c21-18-12-17(29(22,26)27)9-10-19(18)24-20(25)13-23-14-5-4-8-16(11-14)28-15-6-2-1-3-7-15/h1-12,23H,13H2,(H,24,25)(H2,22,26,27). The number of benzene rings is 3. The van der Waals surface area contributed by atoms with Crippen LogP contribution in [0.1, 0.15) is 0 Å². The molecule has 0 radical (unpaired) electrons. The van der Waals surface area contributed by atoms with Crippen molar-refractivity contribution in [2.45, 2.75) is 4.90 Å². The van der Waals surface area contributed by atoms with Crippen LogP contribution in [0, 0.1) is 0 Å². The highest BCUT2D eigenvalue weighted by Crippen LogP contribution is 2.25. The summed E-state index contributed by atoms with van der Waals surface area (Å²) in [5.41, 5.74) is 0.983. The predicted octanol–water partition coefficient (Wildman–Crippen LogP) is 3.83. The van der Waals surface area contributed by atoms with Gasteiger partial charge in [-0.25, -0.2) is 13.6 Å². The molecule has 0 saturated heterocycles. The first-order chi connectivity index (χ1) is 13.8. The van der Waals surface area contributed by atoms with E-state index in [4.69, 9.17) is 21.5 Å². The molecule has 3 aromatic carbocycles. The SMILES string of the molecule is NS(=O)(=O)c1ccc(NC(=O)CNc2cccc(Oc3ccccc3)c2)c(Cl)c1. The number of carbonyl (C=O) groups is 1. The van der Waals surface area contributed by atoms with Gasteiger partial charge in [0.15, 0.2) is 0 Å². The third kappa shape index (κ3) is 5.95. The molecule has 0 bridgehead atoms. The molecular formula is C20H18ClN3O4S. The molecule has 0 aliphatic carbocycles. The van der Waals surface area contributed by atoms with E-state index in [2.05, 4.69) is 10.6 Å². The van der Waals surface area contributed by atoms with Crippen LogP contribution < -0.4 is 20.5 Å². The van der Waals surface area contributed by atoms with Gasteiger partial charge in [0.1, 0.15) is 11.5 Å². The largest absolute Gasteiger partial charge is 0.457 e. The summed E-state index contributed by atoms with van der Waals surface area (Å²) in [4.78, 5) is 12.1. The van der Waals surface area contributed by atoms with Crippen LogP contribution >= 0.6 is 11.6 Å². The molecule has 0 aromatic heterocycles. The van der Waals surface area contributed by atoms with Crippen molar-refractivity contribution in [3.63, 3.8) is 0 Å². The lowest BCUT2D eigenvalue weighted by Crippen LogP contribution is -2.22. The summed E-state index contributed by atoms with van der Waals surface area (Å²) in [5.74, 6) is 0.979. The zero-order chi connectivity index (χ0) is 20.9. The molecule has 0 saturated carbocycles. The second kappa shape index (κ2) is 8.95. The Balaban J connectivity index is 1.59. The summed E-state index contributed by atoms with van der Waals surface area (Å²) < 4.78 is 28.4. The van der Waals surface area contributed by atoms with Crippen LogP contribution in [0.2, 0.25) is 5.02 Å². The first-order valence-corrected chi connectivity index (χ1v) is 10.4. The smallest absolute Gasteiger partial charge is 0.243 e. The minimum absolute atomic E-state index is 0.0257. The monoisotopic (exact) mass is 431 g/mol. The lowest BCUT2D eigenvalue weighted by atomic mass is 10.3. The number of nitrogens with one attached hydrogen (secondary N) is 2. The number of carbonyl (C=O) groups excluding carboxylic acids is 1. The van der Waals surface area contributed by atoms with Gasteiger partial charge in [-0.2, -0.15) is 0 Å². The number of hydrogen-bond acceptors (Lipinski definition) is 5. The average molecular weight is 432 g/mol. The highest BCUT2D eigenvalue weighted by Gasteiger charge is 2.12. The number of sulfonamides is 1. The summed E-state index contributed by atoms with van der Waals surface area (Å²) in [6.45, 7) is -0.0257. The number of halogens is 1. The Kier molecular flexibility index (Phi) is 6.38. The molecule has 29 heavy (non-hydrogen) atoms. The first-order valence-electron chi connectivity index (χ1n) is 8.50. The number of anilines is 2. The van der Waals surface area contributed by atoms with Crippen molar-refractivity contribution in [3.05, 3.63) is 77.8 Å². The van der Waals surface area contributed by atoms with E-state index in [9.17, 15) is 13.2 Å². The van der Waals surface area contributed by atoms with Crippen molar-refractivity contribution >= 4 is 38.9 Å². The minimum atomic E-state index is -3.86. The van der Waals surface area contributed by atoms with Gasteiger partial charge in [0.2, 0.25) is 15.9 Å². The molecule has 150 valence electrons. The zero-order valence-corrected chi connectivity index (χ0v) is 16.7. The fourth-order valence-electron chi connectivity index (χ4n) is 2.45. The number of nitrogens with two attached hydrogens (primary N) is 1. The van der Waals surface area contributed by atoms with Crippen molar-refractivity contribution < 1.29 is 17.9 Å². The fraction of sp³-hybridized carbons (Fsp3) is 0.0500.